The zero-order valence-corrected chi connectivity index (χ0v) is 11.9. The fourth-order valence-electron chi connectivity index (χ4n) is 1.77. The number of rotatable bonds is 6. The lowest BCUT2D eigenvalue weighted by Gasteiger charge is -2.16. The molecule has 19 heavy (non-hydrogen) atoms. The van der Waals surface area contributed by atoms with Gasteiger partial charge >= 0.3 is 0 Å². The van der Waals surface area contributed by atoms with Gasteiger partial charge in [-0.15, -0.1) is 0 Å². The Balaban J connectivity index is 1.79. The van der Waals surface area contributed by atoms with E-state index < -0.39 is 0 Å². The molecular formula is C15H18ClNO2. The van der Waals surface area contributed by atoms with Gasteiger partial charge in [0.2, 0.25) is 0 Å². The zero-order chi connectivity index (χ0) is 13.7. The number of furan rings is 1. The first-order valence-corrected chi connectivity index (χ1v) is 6.69. The number of hydrogen-bond acceptors (Lipinski definition) is 3. The summed E-state index contributed by atoms with van der Waals surface area (Å²) in [6, 6.07) is 9.61. The molecule has 2 aromatic rings. The third-order valence-corrected chi connectivity index (χ3v) is 3.02. The highest BCUT2D eigenvalue weighted by atomic mass is 35.5. The molecule has 1 unspecified atom stereocenters. The van der Waals surface area contributed by atoms with Crippen LogP contribution in [0.1, 0.15) is 18.2 Å². The van der Waals surface area contributed by atoms with Crippen LogP contribution in [0.5, 0.6) is 5.75 Å². The summed E-state index contributed by atoms with van der Waals surface area (Å²) in [6.45, 7) is 5.43. The first-order valence-electron chi connectivity index (χ1n) is 6.31. The first-order chi connectivity index (χ1) is 9.15. The van der Waals surface area contributed by atoms with E-state index in [4.69, 9.17) is 20.8 Å². The molecular weight excluding hydrogens is 262 g/mol. The van der Waals surface area contributed by atoms with Crippen molar-refractivity contribution in [2.75, 3.05) is 6.54 Å². The molecule has 0 aliphatic rings. The van der Waals surface area contributed by atoms with Crippen molar-refractivity contribution in [1.82, 2.24) is 5.32 Å². The minimum absolute atomic E-state index is 0.0372. The number of aryl methyl sites for hydroxylation is 1. The highest BCUT2D eigenvalue weighted by molar-refractivity contribution is 6.32. The normalized spacial score (nSPS) is 12.4. The van der Waals surface area contributed by atoms with Crippen LogP contribution in [0, 0.1) is 6.92 Å². The Hall–Kier alpha value is -1.45. The molecule has 1 aromatic heterocycles. The fraction of sp³-hybridized carbons (Fsp3) is 0.333. The zero-order valence-electron chi connectivity index (χ0n) is 11.2. The van der Waals surface area contributed by atoms with Crippen molar-refractivity contribution < 1.29 is 9.15 Å². The average Bonchev–Trinajstić information content (AvgIpc) is 2.86. The van der Waals surface area contributed by atoms with Crippen LogP contribution in [0.15, 0.2) is 41.0 Å². The third kappa shape index (κ3) is 4.30. The fourth-order valence-corrected chi connectivity index (χ4v) is 2.05. The van der Waals surface area contributed by atoms with Crippen molar-refractivity contribution in [2.45, 2.75) is 26.5 Å². The smallest absolute Gasteiger partial charge is 0.138 e. The Bertz CT molecular complexity index is 511. The molecule has 1 heterocycles. The summed E-state index contributed by atoms with van der Waals surface area (Å²) in [5.41, 5.74) is 1.13. The molecule has 102 valence electrons. The maximum absolute atomic E-state index is 6.13. The molecule has 1 N–H and O–H groups in total. The second-order valence-corrected chi connectivity index (χ2v) is 4.98. The molecule has 2 rings (SSSR count). The van der Waals surface area contributed by atoms with Crippen LogP contribution < -0.4 is 10.1 Å². The summed E-state index contributed by atoms with van der Waals surface area (Å²) >= 11 is 6.13. The van der Waals surface area contributed by atoms with Crippen LogP contribution in [0.25, 0.3) is 0 Å². The van der Waals surface area contributed by atoms with Gasteiger partial charge in [-0.2, -0.15) is 0 Å². The number of halogens is 1. The summed E-state index contributed by atoms with van der Waals surface area (Å²) in [5.74, 6) is 1.64. The van der Waals surface area contributed by atoms with Gasteiger partial charge in [-0.1, -0.05) is 17.7 Å². The number of nitrogens with one attached hydrogen (secondary N) is 1. The van der Waals surface area contributed by atoms with Crippen LogP contribution in [-0.4, -0.2) is 12.6 Å². The van der Waals surface area contributed by atoms with Crippen LogP contribution in [0.2, 0.25) is 5.02 Å². The molecule has 0 bridgehead atoms. The highest BCUT2D eigenvalue weighted by Gasteiger charge is 2.07. The molecule has 0 saturated carbocycles. The van der Waals surface area contributed by atoms with Gasteiger partial charge in [0, 0.05) is 6.54 Å². The molecule has 0 saturated heterocycles. The molecule has 3 nitrogen and oxygen atoms in total. The van der Waals surface area contributed by atoms with E-state index in [-0.39, 0.29) is 6.10 Å². The van der Waals surface area contributed by atoms with Crippen molar-refractivity contribution in [3.8, 4) is 5.75 Å². The van der Waals surface area contributed by atoms with E-state index >= 15 is 0 Å². The second-order valence-electron chi connectivity index (χ2n) is 4.57. The predicted octanol–water partition coefficient (Wildman–Crippen LogP) is 3.80. The number of benzene rings is 1. The summed E-state index contributed by atoms with van der Waals surface area (Å²) in [5, 5.41) is 3.93. The largest absolute Gasteiger partial charge is 0.488 e. The Kier molecular flexibility index (Phi) is 4.88. The minimum Gasteiger partial charge on any atom is -0.488 e. The molecule has 4 heteroatoms. The van der Waals surface area contributed by atoms with E-state index in [0.717, 1.165) is 23.6 Å². The summed E-state index contributed by atoms with van der Waals surface area (Å²) in [6.07, 6.45) is 1.71. The van der Waals surface area contributed by atoms with E-state index in [1.165, 1.54) is 0 Å². The quantitative estimate of drug-likeness (QED) is 0.873. The summed E-state index contributed by atoms with van der Waals surface area (Å²) in [4.78, 5) is 0. The van der Waals surface area contributed by atoms with Crippen LogP contribution in [0.3, 0.4) is 0 Å². The Morgan fingerprint density at radius 2 is 2.21 bits per heavy atom. The predicted molar refractivity (Wildman–Crippen MR) is 76.7 cm³/mol. The van der Waals surface area contributed by atoms with Gasteiger partial charge in [0.05, 0.1) is 17.8 Å². The Morgan fingerprint density at radius 1 is 1.37 bits per heavy atom. The van der Waals surface area contributed by atoms with Gasteiger partial charge in [0.1, 0.15) is 17.6 Å². The van der Waals surface area contributed by atoms with E-state index in [2.05, 4.69) is 5.32 Å². The maximum Gasteiger partial charge on any atom is 0.138 e. The molecule has 0 radical (unpaired) electrons. The van der Waals surface area contributed by atoms with Gasteiger partial charge in [-0.3, -0.25) is 0 Å². The average molecular weight is 280 g/mol. The van der Waals surface area contributed by atoms with Gasteiger partial charge in [-0.25, -0.2) is 0 Å². The Labute approximate surface area is 118 Å². The lowest BCUT2D eigenvalue weighted by Crippen LogP contribution is -2.28. The van der Waals surface area contributed by atoms with Crippen molar-refractivity contribution >= 4 is 11.6 Å². The monoisotopic (exact) mass is 279 g/mol. The molecule has 0 fully saturated rings. The van der Waals surface area contributed by atoms with Crippen LogP contribution >= 0.6 is 11.6 Å². The standard InChI is InChI=1S/C15H18ClNO2/c1-11-5-6-15(14(16)8-11)19-12(2)9-17-10-13-4-3-7-18-13/h3-8,12,17H,9-10H2,1-2H3. The number of hydrogen-bond donors (Lipinski definition) is 1. The molecule has 1 atom stereocenters. The summed E-state index contributed by atoms with van der Waals surface area (Å²) in [7, 11) is 0. The highest BCUT2D eigenvalue weighted by Crippen LogP contribution is 2.25. The molecule has 0 aliphatic carbocycles. The van der Waals surface area contributed by atoms with E-state index in [1.807, 2.05) is 44.2 Å². The molecule has 1 aromatic carbocycles. The topological polar surface area (TPSA) is 34.4 Å². The first kappa shape index (κ1) is 14.0. The number of ether oxygens (including phenoxy) is 1. The Morgan fingerprint density at radius 3 is 2.89 bits per heavy atom. The van der Waals surface area contributed by atoms with Crippen LogP contribution in [0.4, 0.5) is 0 Å². The second kappa shape index (κ2) is 6.64. The van der Waals surface area contributed by atoms with Crippen molar-refractivity contribution in [3.63, 3.8) is 0 Å². The van der Waals surface area contributed by atoms with Gasteiger partial charge in [-0.05, 0) is 43.7 Å². The third-order valence-electron chi connectivity index (χ3n) is 2.73. The van der Waals surface area contributed by atoms with Crippen molar-refractivity contribution in [3.05, 3.63) is 52.9 Å². The minimum atomic E-state index is 0.0372. The van der Waals surface area contributed by atoms with Gasteiger partial charge in [0.25, 0.3) is 0 Å². The van der Waals surface area contributed by atoms with E-state index in [0.29, 0.717) is 11.6 Å². The van der Waals surface area contributed by atoms with Gasteiger partial charge in [0.15, 0.2) is 0 Å². The van der Waals surface area contributed by atoms with Crippen molar-refractivity contribution in [2.24, 2.45) is 0 Å². The van der Waals surface area contributed by atoms with Gasteiger partial charge < -0.3 is 14.5 Å². The molecule has 0 spiro atoms. The molecule has 0 aliphatic heterocycles. The summed E-state index contributed by atoms with van der Waals surface area (Å²) < 4.78 is 11.0. The lowest BCUT2D eigenvalue weighted by atomic mass is 10.2. The van der Waals surface area contributed by atoms with E-state index in [9.17, 15) is 0 Å². The van der Waals surface area contributed by atoms with E-state index in [1.54, 1.807) is 6.26 Å². The lowest BCUT2D eigenvalue weighted by molar-refractivity contribution is 0.215. The molecule has 0 amide bonds. The van der Waals surface area contributed by atoms with Crippen molar-refractivity contribution in [1.29, 1.82) is 0 Å². The maximum atomic E-state index is 6.13. The van der Waals surface area contributed by atoms with Crippen LogP contribution in [-0.2, 0) is 6.54 Å². The SMILES string of the molecule is Cc1ccc(OC(C)CNCc2ccco2)c(Cl)c1.